The molecule has 12 nitrogen and oxygen atoms in total. The van der Waals surface area contributed by atoms with E-state index in [2.05, 4.69) is 20.6 Å². The molecule has 4 aromatic carbocycles. The maximum atomic E-state index is 13.1. The molecule has 0 saturated heterocycles. The van der Waals surface area contributed by atoms with Crippen molar-refractivity contribution in [2.45, 2.75) is 45.9 Å². The number of amides is 2. The van der Waals surface area contributed by atoms with Gasteiger partial charge >= 0.3 is 18.0 Å². The number of aromatic amines is 1. The van der Waals surface area contributed by atoms with Gasteiger partial charge in [0.2, 0.25) is 5.91 Å². The highest BCUT2D eigenvalue weighted by molar-refractivity contribution is 6.13. The summed E-state index contributed by atoms with van der Waals surface area (Å²) in [5, 5.41) is 5.83. The van der Waals surface area contributed by atoms with Gasteiger partial charge in [-0.25, -0.2) is 9.59 Å². The van der Waals surface area contributed by atoms with Crippen LogP contribution in [-0.2, 0) is 46.4 Å². The number of aromatic nitrogens is 1. The molecule has 1 heterocycles. The Hall–Kier alpha value is -6.56. The molecule has 0 saturated carbocycles. The lowest BCUT2D eigenvalue weighted by atomic mass is 10.0. The fourth-order valence-corrected chi connectivity index (χ4v) is 5.32. The first-order chi connectivity index (χ1) is 26.2. The summed E-state index contributed by atoms with van der Waals surface area (Å²) in [6.07, 6.45) is 1.04. The lowest BCUT2D eigenvalue weighted by Gasteiger charge is -2.21. The number of rotatable bonds is 15. The van der Waals surface area contributed by atoms with Gasteiger partial charge in [-0.3, -0.25) is 19.4 Å². The van der Waals surface area contributed by atoms with Gasteiger partial charge in [0.15, 0.2) is 11.8 Å². The SMILES string of the molecule is CCOC(=O)C(NC(=O)[C@@H](Cc1c[nH]c2ccccc12)NC(=O)OCc1ccccc1)C(C)=O.CCOC(=O)CN=C(c1ccccc1)c1ccccc1. The third-order valence-electron chi connectivity index (χ3n) is 7.90. The molecule has 3 N–H and O–H groups in total. The molecule has 0 bridgehead atoms. The number of hydrogen-bond donors (Lipinski definition) is 3. The van der Waals surface area contributed by atoms with Crippen LogP contribution in [0, 0.1) is 0 Å². The maximum absolute atomic E-state index is 13.1. The minimum absolute atomic E-state index is 0.0208. The van der Waals surface area contributed by atoms with Crippen molar-refractivity contribution in [3.05, 3.63) is 144 Å². The largest absolute Gasteiger partial charge is 0.465 e. The normalized spacial score (nSPS) is 11.5. The number of alkyl carbamates (subject to hydrolysis) is 1. The summed E-state index contributed by atoms with van der Waals surface area (Å²) in [4.78, 5) is 68.7. The van der Waals surface area contributed by atoms with E-state index in [1.165, 1.54) is 6.92 Å². The molecular weight excluding hydrogens is 688 g/mol. The van der Waals surface area contributed by atoms with Crippen molar-refractivity contribution < 1.29 is 38.2 Å². The van der Waals surface area contributed by atoms with E-state index in [9.17, 15) is 24.0 Å². The number of benzene rings is 4. The zero-order valence-electron chi connectivity index (χ0n) is 30.5. The summed E-state index contributed by atoms with van der Waals surface area (Å²) in [7, 11) is 0. The molecule has 1 unspecified atom stereocenters. The predicted molar refractivity (Wildman–Crippen MR) is 205 cm³/mol. The van der Waals surface area contributed by atoms with E-state index < -0.39 is 35.8 Å². The third kappa shape index (κ3) is 12.3. The highest BCUT2D eigenvalue weighted by Gasteiger charge is 2.31. The van der Waals surface area contributed by atoms with Crippen molar-refractivity contribution >= 4 is 46.3 Å². The van der Waals surface area contributed by atoms with Gasteiger partial charge in [0.1, 0.15) is 19.2 Å². The predicted octanol–water partition coefficient (Wildman–Crippen LogP) is 5.73. The van der Waals surface area contributed by atoms with Crippen LogP contribution in [0.3, 0.4) is 0 Å². The van der Waals surface area contributed by atoms with E-state index in [0.717, 1.165) is 38.9 Å². The molecule has 54 heavy (non-hydrogen) atoms. The molecule has 0 fully saturated rings. The molecule has 0 aliphatic carbocycles. The molecule has 0 aliphatic heterocycles. The van der Waals surface area contributed by atoms with E-state index in [4.69, 9.17) is 14.2 Å². The van der Waals surface area contributed by atoms with Crippen molar-refractivity contribution in [3.8, 4) is 0 Å². The van der Waals surface area contributed by atoms with Crippen LogP contribution in [0.2, 0.25) is 0 Å². The van der Waals surface area contributed by atoms with Gasteiger partial charge in [0.25, 0.3) is 0 Å². The first-order valence-electron chi connectivity index (χ1n) is 17.5. The zero-order chi connectivity index (χ0) is 38.7. The summed E-state index contributed by atoms with van der Waals surface area (Å²) in [6.45, 7) is 5.05. The number of hydrogen-bond acceptors (Lipinski definition) is 9. The van der Waals surface area contributed by atoms with Gasteiger partial charge in [-0.15, -0.1) is 0 Å². The zero-order valence-corrected chi connectivity index (χ0v) is 30.5. The van der Waals surface area contributed by atoms with Crippen LogP contribution in [-0.4, -0.2) is 72.3 Å². The molecule has 0 aliphatic rings. The van der Waals surface area contributed by atoms with Gasteiger partial charge < -0.3 is 29.8 Å². The number of nitrogens with one attached hydrogen (secondary N) is 3. The topological polar surface area (TPSA) is 165 Å². The average molecular weight is 733 g/mol. The lowest BCUT2D eigenvalue weighted by Crippen LogP contribution is -2.54. The van der Waals surface area contributed by atoms with E-state index in [0.29, 0.717) is 6.61 Å². The van der Waals surface area contributed by atoms with Crippen molar-refractivity contribution in [2.24, 2.45) is 4.99 Å². The number of ether oxygens (including phenoxy) is 3. The molecule has 2 amide bonds. The Morgan fingerprint density at radius 2 is 1.28 bits per heavy atom. The monoisotopic (exact) mass is 732 g/mol. The number of para-hydroxylation sites is 1. The molecule has 280 valence electrons. The smallest absolute Gasteiger partial charge is 0.408 e. The molecule has 12 heteroatoms. The minimum Gasteiger partial charge on any atom is -0.465 e. The Morgan fingerprint density at radius 1 is 0.704 bits per heavy atom. The Balaban J connectivity index is 0.000000276. The number of carbonyl (C=O) groups excluding carboxylic acids is 5. The minimum atomic E-state index is -1.47. The first-order valence-corrected chi connectivity index (χ1v) is 17.5. The Morgan fingerprint density at radius 3 is 1.87 bits per heavy atom. The van der Waals surface area contributed by atoms with E-state index >= 15 is 0 Å². The fourth-order valence-electron chi connectivity index (χ4n) is 5.32. The summed E-state index contributed by atoms with van der Waals surface area (Å²) in [6, 6.07) is 33.7. The molecule has 0 radical (unpaired) electrons. The van der Waals surface area contributed by atoms with Gasteiger partial charge in [-0.05, 0) is 38.0 Å². The first kappa shape index (κ1) is 40.2. The van der Waals surface area contributed by atoms with Gasteiger partial charge in [0.05, 0.1) is 18.9 Å². The van der Waals surface area contributed by atoms with E-state index in [1.807, 2.05) is 103 Å². The van der Waals surface area contributed by atoms with Crippen LogP contribution in [0.15, 0.2) is 126 Å². The van der Waals surface area contributed by atoms with E-state index in [1.54, 1.807) is 32.2 Å². The highest BCUT2D eigenvalue weighted by Crippen LogP contribution is 2.19. The van der Waals surface area contributed by atoms with Crippen molar-refractivity contribution in [1.29, 1.82) is 0 Å². The van der Waals surface area contributed by atoms with Crippen LogP contribution in [0.5, 0.6) is 0 Å². The van der Waals surface area contributed by atoms with Gasteiger partial charge in [-0.1, -0.05) is 109 Å². The summed E-state index contributed by atoms with van der Waals surface area (Å²) < 4.78 is 15.1. The number of H-pyrrole nitrogens is 1. The van der Waals surface area contributed by atoms with Crippen molar-refractivity contribution in [1.82, 2.24) is 15.6 Å². The number of aliphatic imine (C=N–C) groups is 1. The number of ketones is 1. The quantitative estimate of drug-likeness (QED) is 0.0532. The lowest BCUT2D eigenvalue weighted by molar-refractivity contribution is -0.150. The number of esters is 2. The second-order valence-electron chi connectivity index (χ2n) is 11.8. The van der Waals surface area contributed by atoms with Gasteiger partial charge in [0, 0.05) is 34.6 Å². The van der Waals surface area contributed by atoms with E-state index in [-0.39, 0.29) is 32.1 Å². The van der Waals surface area contributed by atoms with Crippen molar-refractivity contribution in [2.75, 3.05) is 19.8 Å². The number of nitrogens with zero attached hydrogens (tertiary/aromatic N) is 1. The summed E-state index contributed by atoms with van der Waals surface area (Å²) in [5.74, 6) is -2.46. The van der Waals surface area contributed by atoms with Crippen LogP contribution < -0.4 is 10.6 Å². The number of fused-ring (bicyclic) bond motifs is 1. The average Bonchev–Trinajstić information content (AvgIpc) is 3.60. The molecule has 2 atom stereocenters. The van der Waals surface area contributed by atoms with Crippen LogP contribution in [0.25, 0.3) is 10.9 Å². The second-order valence-corrected chi connectivity index (χ2v) is 11.8. The molecule has 0 spiro atoms. The summed E-state index contributed by atoms with van der Waals surface area (Å²) >= 11 is 0. The Labute approximate surface area is 313 Å². The molecule has 1 aromatic heterocycles. The Kier molecular flexibility index (Phi) is 15.7. The highest BCUT2D eigenvalue weighted by atomic mass is 16.5. The molecule has 5 rings (SSSR count). The van der Waals surface area contributed by atoms with Gasteiger partial charge in [-0.2, -0.15) is 0 Å². The number of carbonyl (C=O) groups is 5. The molecule has 5 aromatic rings. The summed E-state index contributed by atoms with van der Waals surface area (Å²) in [5.41, 5.74) is 5.21. The Bertz CT molecular complexity index is 1970. The van der Waals surface area contributed by atoms with Crippen molar-refractivity contribution in [3.63, 3.8) is 0 Å². The number of Topliss-reactive ketones (excluding diaryl/α,β-unsaturated/α-hetero) is 1. The van der Waals surface area contributed by atoms with Crippen LogP contribution in [0.4, 0.5) is 4.79 Å². The van der Waals surface area contributed by atoms with Crippen LogP contribution in [0.1, 0.15) is 43.0 Å². The molecular formula is C42H44N4O8. The van der Waals surface area contributed by atoms with Crippen LogP contribution >= 0.6 is 0 Å². The standard InChI is InChI=1S/C25H27N3O6.C17H17NO2/c1-3-33-24(31)22(16(2)29)28-23(30)21(13-18-14-26-20-12-8-7-11-19(18)20)27-25(32)34-15-17-9-5-4-6-10-17;1-2-20-16(19)13-18-17(14-9-5-3-6-10-14)15-11-7-4-8-12-15/h4-12,14,21-22,26H,3,13,15H2,1-2H3,(H,27,32)(H,28,30);3-12H,2,13H2,1H3/t21-,22?;/m1./s1. The third-order valence-corrected chi connectivity index (χ3v) is 7.90. The fraction of sp³-hybridized carbons (Fsp3) is 0.238. The second kappa shape index (κ2) is 21.1. The maximum Gasteiger partial charge on any atom is 0.408 e.